The van der Waals surface area contributed by atoms with Crippen molar-refractivity contribution >= 4 is 47.0 Å². The molecule has 4 nitrogen and oxygen atoms in total. The fourth-order valence-corrected chi connectivity index (χ4v) is 6.74. The Labute approximate surface area is 149 Å². The molecule has 5 aliphatic rings. The molecule has 5 heterocycles. The average Bonchev–Trinajstić information content (AvgIpc) is 2.55. The van der Waals surface area contributed by atoms with E-state index in [0.29, 0.717) is 13.2 Å². The van der Waals surface area contributed by atoms with Gasteiger partial charge < -0.3 is 18.9 Å². The van der Waals surface area contributed by atoms with E-state index in [1.54, 1.807) is 0 Å². The Morgan fingerprint density at radius 3 is 1.41 bits per heavy atom. The molecule has 0 aromatic heterocycles. The number of ether oxygens (including phenoxy) is 4. The molecule has 4 bridgehead atoms. The second-order valence-electron chi connectivity index (χ2n) is 5.25. The highest BCUT2D eigenvalue weighted by Crippen LogP contribution is 2.26. The molecule has 5 saturated heterocycles. The fraction of sp³-hybridized carbons (Fsp3) is 1.00. The first-order valence-corrected chi connectivity index (χ1v) is 12.4. The van der Waals surface area contributed by atoms with Crippen LogP contribution in [0.2, 0.25) is 0 Å². The third kappa shape index (κ3) is 5.95. The van der Waals surface area contributed by atoms with E-state index in [-0.39, 0.29) is 24.8 Å². The van der Waals surface area contributed by atoms with E-state index in [4.69, 9.17) is 18.9 Å². The van der Waals surface area contributed by atoms with Crippen molar-refractivity contribution in [3.63, 3.8) is 0 Å². The summed E-state index contributed by atoms with van der Waals surface area (Å²) in [4.78, 5) is 0. The maximum Gasteiger partial charge on any atom is 0.167 e. The number of hydrogen-bond donors (Lipinski definition) is 0. The van der Waals surface area contributed by atoms with Crippen molar-refractivity contribution in [2.75, 3.05) is 59.2 Å². The fourth-order valence-electron chi connectivity index (χ4n) is 2.43. The normalized spacial score (nSPS) is 39.3. The van der Waals surface area contributed by atoms with E-state index in [1.165, 1.54) is 23.0 Å². The molecule has 0 aromatic carbocycles. The number of fused-ring (bicyclic) bond motifs is 2. The zero-order valence-electron chi connectivity index (χ0n) is 12.6. The Morgan fingerprint density at radius 1 is 0.545 bits per heavy atom. The highest BCUT2D eigenvalue weighted by molar-refractivity contribution is 8.05. The van der Waals surface area contributed by atoms with Crippen molar-refractivity contribution in [3.05, 3.63) is 0 Å². The van der Waals surface area contributed by atoms with E-state index >= 15 is 0 Å². The van der Waals surface area contributed by atoms with Crippen LogP contribution in [0.3, 0.4) is 0 Å². The van der Waals surface area contributed by atoms with Crippen molar-refractivity contribution in [2.45, 2.75) is 24.8 Å². The molecule has 8 heteroatoms. The summed E-state index contributed by atoms with van der Waals surface area (Å²) in [5.74, 6) is 9.07. The summed E-state index contributed by atoms with van der Waals surface area (Å²) in [6.07, 6.45) is -0.151. The Kier molecular flexibility index (Phi) is 8.43. The Morgan fingerprint density at radius 2 is 0.955 bits per heavy atom. The van der Waals surface area contributed by atoms with Gasteiger partial charge in [-0.3, -0.25) is 0 Å². The van der Waals surface area contributed by atoms with Gasteiger partial charge in [0, 0.05) is 46.0 Å². The van der Waals surface area contributed by atoms with Crippen LogP contribution in [0.25, 0.3) is 0 Å². The van der Waals surface area contributed by atoms with Crippen LogP contribution in [0.5, 0.6) is 0 Å². The minimum Gasteiger partial charge on any atom is -0.349 e. The Hall–Kier alpha value is 1.24. The topological polar surface area (TPSA) is 36.9 Å². The lowest BCUT2D eigenvalue weighted by Crippen LogP contribution is -2.54. The van der Waals surface area contributed by atoms with Gasteiger partial charge in [0.1, 0.15) is 12.2 Å². The first kappa shape index (κ1) is 18.0. The van der Waals surface area contributed by atoms with Gasteiger partial charge in [-0.25, -0.2) is 0 Å². The Bertz CT molecular complexity index is 289. The summed E-state index contributed by atoms with van der Waals surface area (Å²) < 4.78 is 23.5. The van der Waals surface area contributed by atoms with Crippen LogP contribution in [0.15, 0.2) is 0 Å². The zero-order chi connectivity index (χ0) is 15.0. The van der Waals surface area contributed by atoms with Gasteiger partial charge >= 0.3 is 0 Å². The number of hydrogen-bond acceptors (Lipinski definition) is 8. The summed E-state index contributed by atoms with van der Waals surface area (Å²) in [6.45, 7) is 1.26. The van der Waals surface area contributed by atoms with Crippen molar-refractivity contribution in [1.82, 2.24) is 0 Å². The van der Waals surface area contributed by atoms with Gasteiger partial charge in [0.25, 0.3) is 0 Å². The predicted octanol–water partition coefficient (Wildman–Crippen LogP) is 2.42. The van der Waals surface area contributed by atoms with Crippen LogP contribution >= 0.6 is 47.0 Å². The van der Waals surface area contributed by atoms with Crippen LogP contribution in [0, 0.1) is 0 Å². The molecule has 0 radical (unpaired) electrons. The SMILES string of the molecule is C1CSCCSC[C@@H]2OC[C@@H]3O[C@H](CSCCS1)OC[C@@H]3O2. The number of thioether (sulfide) groups is 4. The molecule has 0 aliphatic carbocycles. The Balaban J connectivity index is 1.48. The number of rotatable bonds is 0. The molecule has 5 aliphatic heterocycles. The lowest BCUT2D eigenvalue weighted by atomic mass is 10.2. The van der Waals surface area contributed by atoms with Crippen molar-refractivity contribution in [1.29, 1.82) is 0 Å². The maximum atomic E-state index is 5.97. The molecule has 0 aromatic rings. The maximum absolute atomic E-state index is 5.97. The van der Waals surface area contributed by atoms with Gasteiger partial charge in [0.2, 0.25) is 0 Å². The lowest BCUT2D eigenvalue weighted by molar-refractivity contribution is -0.326. The molecule has 22 heavy (non-hydrogen) atoms. The second-order valence-corrected chi connectivity index (χ2v) is 10.00. The van der Waals surface area contributed by atoms with E-state index in [0.717, 1.165) is 23.0 Å². The van der Waals surface area contributed by atoms with E-state index in [1.807, 2.05) is 23.5 Å². The van der Waals surface area contributed by atoms with Gasteiger partial charge in [0.05, 0.1) is 13.2 Å². The minimum atomic E-state index is -0.108. The zero-order valence-corrected chi connectivity index (χ0v) is 15.9. The quantitative estimate of drug-likeness (QED) is 0.630. The molecule has 0 N–H and O–H groups in total. The molecule has 5 rings (SSSR count). The monoisotopic (exact) mass is 384 g/mol. The summed E-state index contributed by atoms with van der Waals surface area (Å²) >= 11 is 7.95. The van der Waals surface area contributed by atoms with Crippen molar-refractivity contribution < 1.29 is 18.9 Å². The first-order valence-electron chi connectivity index (χ1n) is 7.77. The third-order valence-electron chi connectivity index (χ3n) is 3.58. The average molecular weight is 385 g/mol. The molecule has 5 fully saturated rings. The standard InChI is InChI=1S/C14H24O4S4/c1-2-20-4-6-22-10-14-16-8-11-12(18-14)7-15-13(17-11)9-21-5-3-19-1/h11-14H,1-10H2/t11-,12-,13+,14+/m0/s1. The van der Waals surface area contributed by atoms with Crippen LogP contribution in [-0.2, 0) is 18.9 Å². The molecule has 128 valence electrons. The van der Waals surface area contributed by atoms with Crippen LogP contribution in [0.4, 0.5) is 0 Å². The van der Waals surface area contributed by atoms with E-state index < -0.39 is 0 Å². The van der Waals surface area contributed by atoms with Crippen LogP contribution < -0.4 is 0 Å². The van der Waals surface area contributed by atoms with E-state index in [9.17, 15) is 0 Å². The lowest BCUT2D eigenvalue weighted by Gasteiger charge is -2.41. The molecular formula is C14H24O4S4. The molecular weight excluding hydrogens is 360 g/mol. The van der Waals surface area contributed by atoms with E-state index in [2.05, 4.69) is 23.5 Å². The van der Waals surface area contributed by atoms with Gasteiger partial charge in [-0.15, -0.1) is 0 Å². The van der Waals surface area contributed by atoms with Crippen molar-refractivity contribution in [2.24, 2.45) is 0 Å². The second kappa shape index (κ2) is 10.3. The summed E-state index contributed by atoms with van der Waals surface area (Å²) in [5, 5.41) is 0. The summed E-state index contributed by atoms with van der Waals surface area (Å²) in [6, 6.07) is 0. The predicted molar refractivity (Wildman–Crippen MR) is 98.5 cm³/mol. The third-order valence-corrected chi connectivity index (χ3v) is 8.33. The smallest absolute Gasteiger partial charge is 0.167 e. The molecule has 0 saturated carbocycles. The highest BCUT2D eigenvalue weighted by Gasteiger charge is 2.38. The summed E-state index contributed by atoms with van der Waals surface area (Å²) in [5.41, 5.74) is 0. The van der Waals surface area contributed by atoms with Crippen molar-refractivity contribution in [3.8, 4) is 0 Å². The van der Waals surface area contributed by atoms with Gasteiger partial charge in [0.15, 0.2) is 12.6 Å². The minimum absolute atomic E-state index is 0.0319. The molecule has 0 amide bonds. The van der Waals surface area contributed by atoms with Crippen LogP contribution in [0.1, 0.15) is 0 Å². The van der Waals surface area contributed by atoms with Gasteiger partial charge in [-0.05, 0) is 0 Å². The summed E-state index contributed by atoms with van der Waals surface area (Å²) in [7, 11) is 0. The molecule has 0 unspecified atom stereocenters. The first-order chi connectivity index (χ1) is 10.9. The van der Waals surface area contributed by atoms with Crippen LogP contribution in [-0.4, -0.2) is 84.0 Å². The van der Waals surface area contributed by atoms with Gasteiger partial charge in [-0.2, -0.15) is 47.0 Å². The molecule has 4 atom stereocenters. The van der Waals surface area contributed by atoms with Gasteiger partial charge in [-0.1, -0.05) is 0 Å². The molecule has 0 spiro atoms. The highest BCUT2D eigenvalue weighted by atomic mass is 32.2. The largest absolute Gasteiger partial charge is 0.349 e.